The highest BCUT2D eigenvalue weighted by atomic mass is 32.2. The van der Waals surface area contributed by atoms with E-state index >= 15 is 0 Å². The molecule has 0 radical (unpaired) electrons. The first-order valence-corrected chi connectivity index (χ1v) is 8.63. The minimum absolute atomic E-state index is 0.0297. The molecule has 1 aromatic heterocycles. The van der Waals surface area contributed by atoms with Gasteiger partial charge in [0.15, 0.2) is 5.16 Å². The van der Waals surface area contributed by atoms with Crippen LogP contribution >= 0.6 is 11.8 Å². The molecule has 0 saturated heterocycles. The molecule has 124 valence electrons. The summed E-state index contributed by atoms with van der Waals surface area (Å²) >= 11 is 1.14. The molecule has 2 rings (SSSR count). The van der Waals surface area contributed by atoms with Crippen molar-refractivity contribution in [1.82, 2.24) is 15.3 Å². The Balaban J connectivity index is 2.18. The number of carbonyl (C=O) groups excluding carboxylic acids is 1. The van der Waals surface area contributed by atoms with Crippen LogP contribution in [0.25, 0.3) is 11.3 Å². The van der Waals surface area contributed by atoms with Gasteiger partial charge in [0, 0.05) is 12.1 Å². The monoisotopic (exact) mass is 342 g/mol. The Morgan fingerprint density at radius 3 is 2.79 bits per heavy atom. The number of nitrogens with one attached hydrogen (secondary N) is 2. The van der Waals surface area contributed by atoms with E-state index in [-0.39, 0.29) is 17.2 Å². The van der Waals surface area contributed by atoms with E-state index in [9.17, 15) is 14.9 Å². The Morgan fingerprint density at radius 1 is 1.38 bits per heavy atom. The number of benzene rings is 1. The van der Waals surface area contributed by atoms with E-state index in [1.165, 1.54) is 0 Å². The van der Waals surface area contributed by atoms with Gasteiger partial charge < -0.3 is 10.3 Å². The van der Waals surface area contributed by atoms with Crippen LogP contribution in [0.2, 0.25) is 0 Å². The second kappa shape index (κ2) is 8.89. The van der Waals surface area contributed by atoms with E-state index < -0.39 is 5.56 Å². The molecule has 0 aliphatic carbocycles. The summed E-state index contributed by atoms with van der Waals surface area (Å²) in [6.07, 6.45) is 1.94. The maximum absolute atomic E-state index is 12.1. The van der Waals surface area contributed by atoms with Gasteiger partial charge in [-0.2, -0.15) is 5.26 Å². The van der Waals surface area contributed by atoms with E-state index in [4.69, 9.17) is 0 Å². The van der Waals surface area contributed by atoms with Crippen LogP contribution in [-0.2, 0) is 4.79 Å². The lowest BCUT2D eigenvalue weighted by Gasteiger charge is -2.07. The maximum atomic E-state index is 12.1. The number of aromatic amines is 1. The SMILES string of the molecule is CCCCNC(=O)CSc1nc(-c2ccccc2)c(C#N)c(=O)[nH]1. The molecular weight excluding hydrogens is 324 g/mol. The van der Waals surface area contributed by atoms with Crippen LogP contribution in [0.1, 0.15) is 25.3 Å². The molecule has 0 atom stereocenters. The number of rotatable bonds is 7. The molecular formula is C17H18N4O2S. The Labute approximate surface area is 144 Å². The van der Waals surface area contributed by atoms with E-state index in [0.717, 1.165) is 24.6 Å². The average molecular weight is 342 g/mol. The number of unbranched alkanes of at least 4 members (excludes halogenated alkanes) is 1. The number of amides is 1. The first kappa shape index (κ1) is 17.8. The molecule has 0 unspecified atom stereocenters. The van der Waals surface area contributed by atoms with Gasteiger partial charge >= 0.3 is 0 Å². The zero-order valence-corrected chi connectivity index (χ0v) is 14.2. The molecule has 0 bridgehead atoms. The first-order valence-electron chi connectivity index (χ1n) is 7.65. The molecule has 2 aromatic rings. The van der Waals surface area contributed by atoms with Gasteiger partial charge in [-0.25, -0.2) is 4.98 Å². The summed E-state index contributed by atoms with van der Waals surface area (Å²) in [5, 5.41) is 12.3. The fraction of sp³-hybridized carbons (Fsp3) is 0.294. The van der Waals surface area contributed by atoms with Crippen molar-refractivity contribution in [3.63, 3.8) is 0 Å². The van der Waals surface area contributed by atoms with Gasteiger partial charge in [0.2, 0.25) is 5.91 Å². The molecule has 1 heterocycles. The molecule has 1 amide bonds. The third-order valence-corrected chi connectivity index (χ3v) is 4.12. The lowest BCUT2D eigenvalue weighted by atomic mass is 10.1. The summed E-state index contributed by atoms with van der Waals surface area (Å²) in [5.74, 6) is 0.0500. The van der Waals surface area contributed by atoms with Crippen molar-refractivity contribution in [2.24, 2.45) is 0 Å². The Morgan fingerprint density at radius 2 is 2.12 bits per heavy atom. The smallest absolute Gasteiger partial charge is 0.270 e. The van der Waals surface area contributed by atoms with E-state index in [0.29, 0.717) is 23.0 Å². The quantitative estimate of drug-likeness (QED) is 0.457. The zero-order valence-electron chi connectivity index (χ0n) is 13.3. The van der Waals surface area contributed by atoms with Crippen LogP contribution in [0.4, 0.5) is 0 Å². The minimum atomic E-state index is -0.500. The fourth-order valence-corrected chi connectivity index (χ4v) is 2.71. The van der Waals surface area contributed by atoms with E-state index in [2.05, 4.69) is 22.2 Å². The van der Waals surface area contributed by atoms with Gasteiger partial charge in [0.25, 0.3) is 5.56 Å². The highest BCUT2D eigenvalue weighted by Crippen LogP contribution is 2.21. The van der Waals surface area contributed by atoms with E-state index in [1.807, 2.05) is 24.3 Å². The summed E-state index contributed by atoms with van der Waals surface area (Å²) < 4.78 is 0. The van der Waals surface area contributed by atoms with Gasteiger partial charge in [0.1, 0.15) is 11.6 Å². The lowest BCUT2D eigenvalue weighted by Crippen LogP contribution is -2.26. The third kappa shape index (κ3) is 4.70. The van der Waals surface area contributed by atoms with Crippen molar-refractivity contribution in [3.8, 4) is 17.3 Å². The molecule has 24 heavy (non-hydrogen) atoms. The molecule has 6 nitrogen and oxygen atoms in total. The normalized spacial score (nSPS) is 10.2. The van der Waals surface area contributed by atoms with Gasteiger partial charge in [-0.15, -0.1) is 0 Å². The third-order valence-electron chi connectivity index (χ3n) is 3.25. The molecule has 1 aromatic carbocycles. The van der Waals surface area contributed by atoms with Crippen LogP contribution in [0.5, 0.6) is 0 Å². The van der Waals surface area contributed by atoms with Crippen molar-refractivity contribution < 1.29 is 4.79 Å². The second-order valence-electron chi connectivity index (χ2n) is 5.06. The molecule has 0 spiro atoms. The first-order chi connectivity index (χ1) is 11.7. The highest BCUT2D eigenvalue weighted by molar-refractivity contribution is 7.99. The predicted octanol–water partition coefficient (Wildman–Crippen LogP) is 2.32. The number of thioether (sulfide) groups is 1. The molecule has 0 saturated carbocycles. The van der Waals surface area contributed by atoms with Crippen LogP contribution in [0, 0.1) is 11.3 Å². The Kier molecular flexibility index (Phi) is 6.58. The van der Waals surface area contributed by atoms with E-state index in [1.54, 1.807) is 12.1 Å². The van der Waals surface area contributed by atoms with Crippen molar-refractivity contribution in [2.45, 2.75) is 24.9 Å². The summed E-state index contributed by atoms with van der Waals surface area (Å²) in [7, 11) is 0. The molecule has 7 heteroatoms. The summed E-state index contributed by atoms with van der Waals surface area (Å²) in [4.78, 5) is 30.7. The summed E-state index contributed by atoms with van der Waals surface area (Å²) in [5.41, 5.74) is 0.489. The molecule has 0 aliphatic heterocycles. The largest absolute Gasteiger partial charge is 0.355 e. The number of hydrogen-bond acceptors (Lipinski definition) is 5. The molecule has 0 aliphatic rings. The Hall–Kier alpha value is -2.59. The topological polar surface area (TPSA) is 98.6 Å². The second-order valence-corrected chi connectivity index (χ2v) is 6.03. The Bertz CT molecular complexity index is 796. The van der Waals surface area contributed by atoms with Gasteiger partial charge in [-0.05, 0) is 6.42 Å². The van der Waals surface area contributed by atoms with Crippen molar-refractivity contribution in [3.05, 3.63) is 46.2 Å². The highest BCUT2D eigenvalue weighted by Gasteiger charge is 2.14. The van der Waals surface area contributed by atoms with Crippen molar-refractivity contribution in [1.29, 1.82) is 5.26 Å². The minimum Gasteiger partial charge on any atom is -0.355 e. The van der Waals surface area contributed by atoms with Gasteiger partial charge in [0.05, 0.1) is 11.4 Å². The number of aromatic nitrogens is 2. The maximum Gasteiger partial charge on any atom is 0.270 e. The zero-order chi connectivity index (χ0) is 17.4. The van der Waals surface area contributed by atoms with Crippen LogP contribution < -0.4 is 10.9 Å². The van der Waals surface area contributed by atoms with Gasteiger partial charge in [-0.3, -0.25) is 9.59 Å². The van der Waals surface area contributed by atoms with Gasteiger partial charge in [-0.1, -0.05) is 55.4 Å². The number of H-pyrrole nitrogens is 1. The van der Waals surface area contributed by atoms with Crippen molar-refractivity contribution in [2.75, 3.05) is 12.3 Å². The number of carbonyl (C=O) groups is 1. The average Bonchev–Trinajstić information content (AvgIpc) is 2.60. The van der Waals surface area contributed by atoms with Crippen LogP contribution in [-0.4, -0.2) is 28.2 Å². The molecule has 0 fully saturated rings. The van der Waals surface area contributed by atoms with Crippen molar-refractivity contribution >= 4 is 17.7 Å². The lowest BCUT2D eigenvalue weighted by molar-refractivity contribution is -0.118. The summed E-state index contributed by atoms with van der Waals surface area (Å²) in [6.45, 7) is 2.69. The number of hydrogen-bond donors (Lipinski definition) is 2. The summed E-state index contributed by atoms with van der Waals surface area (Å²) in [6, 6.07) is 10.9. The predicted molar refractivity (Wildman–Crippen MR) is 93.7 cm³/mol. The number of nitriles is 1. The van der Waals surface area contributed by atoms with Crippen LogP contribution in [0.3, 0.4) is 0 Å². The molecule has 2 N–H and O–H groups in total. The number of nitrogens with zero attached hydrogens (tertiary/aromatic N) is 2. The van der Waals surface area contributed by atoms with Crippen LogP contribution in [0.15, 0.2) is 40.3 Å². The fourth-order valence-electron chi connectivity index (χ4n) is 2.02. The standard InChI is InChI=1S/C17H18N4O2S/c1-2-3-9-19-14(22)11-24-17-20-15(12-7-5-4-6-8-12)13(10-18)16(23)21-17/h4-8H,2-3,9,11H2,1H3,(H,19,22)(H,20,21,23).